The van der Waals surface area contributed by atoms with E-state index in [1.807, 2.05) is 6.07 Å². The zero-order valence-corrected chi connectivity index (χ0v) is 12.2. The average Bonchev–Trinajstić information content (AvgIpc) is 2.78. The van der Waals surface area contributed by atoms with Crippen molar-refractivity contribution in [2.75, 3.05) is 0 Å². The smallest absolute Gasteiger partial charge is 0.188 e. The number of Topliss-reactive ketones (excluding diaryl/α,β-unsaturated/α-hetero) is 1. The van der Waals surface area contributed by atoms with Crippen LogP contribution in [0.3, 0.4) is 0 Å². The number of carbonyl (C=O) groups excluding carboxylic acids is 1. The molecular formula is C13H7Br2NO2. The van der Waals surface area contributed by atoms with Gasteiger partial charge in [-0.3, -0.25) is 4.79 Å². The number of furan rings is 1. The number of benzene rings is 1. The summed E-state index contributed by atoms with van der Waals surface area (Å²) in [4.78, 5) is 12.2. The fraction of sp³-hybridized carbons (Fsp3) is 0.0769. The summed E-state index contributed by atoms with van der Waals surface area (Å²) in [5.41, 5.74) is 1.04. The maximum absolute atomic E-state index is 12.2. The lowest BCUT2D eigenvalue weighted by Crippen LogP contribution is -2.10. The molecule has 0 N–H and O–H groups in total. The van der Waals surface area contributed by atoms with Crippen LogP contribution < -0.4 is 0 Å². The molecule has 0 aliphatic rings. The molecule has 0 radical (unpaired) electrons. The summed E-state index contributed by atoms with van der Waals surface area (Å²) in [6.45, 7) is 0. The fourth-order valence-electron chi connectivity index (χ4n) is 1.57. The largest absolute Gasteiger partial charge is 0.457 e. The Morgan fingerprint density at radius 1 is 1.22 bits per heavy atom. The van der Waals surface area contributed by atoms with Crippen molar-refractivity contribution in [3.63, 3.8) is 0 Å². The minimum absolute atomic E-state index is 0.277. The van der Waals surface area contributed by atoms with Gasteiger partial charge in [0.25, 0.3) is 0 Å². The lowest BCUT2D eigenvalue weighted by molar-refractivity contribution is 0.0977. The fourth-order valence-corrected chi connectivity index (χ4v) is 2.26. The van der Waals surface area contributed by atoms with Crippen molar-refractivity contribution in [3.05, 3.63) is 56.9 Å². The Hall–Kier alpha value is -1.38. The summed E-state index contributed by atoms with van der Waals surface area (Å²) in [6.07, 6.45) is 1.41. The second-order valence-corrected chi connectivity index (χ2v) is 5.22. The highest BCUT2D eigenvalue weighted by atomic mass is 79.9. The number of halogens is 2. The molecule has 2 rings (SSSR count). The first kappa shape index (κ1) is 13.1. The maximum atomic E-state index is 12.2. The Kier molecular flexibility index (Phi) is 4.00. The number of rotatable bonds is 3. The molecule has 1 aromatic carbocycles. The topological polar surface area (TPSA) is 54.0 Å². The van der Waals surface area contributed by atoms with Crippen LogP contribution in [0.15, 0.2) is 50.2 Å². The maximum Gasteiger partial charge on any atom is 0.188 e. The number of carbonyl (C=O) groups is 1. The molecule has 3 nitrogen and oxygen atoms in total. The molecule has 0 amide bonds. The SMILES string of the molecule is N#CC(C(=O)c1ccoc1Br)c1ccc(Br)cc1. The van der Waals surface area contributed by atoms with Gasteiger partial charge in [-0.25, -0.2) is 0 Å². The number of hydrogen-bond donors (Lipinski definition) is 0. The molecule has 0 aliphatic heterocycles. The lowest BCUT2D eigenvalue weighted by atomic mass is 9.93. The summed E-state index contributed by atoms with van der Waals surface area (Å²) in [5, 5.41) is 9.18. The molecule has 0 bridgehead atoms. The van der Waals surface area contributed by atoms with Crippen LogP contribution in [0.25, 0.3) is 0 Å². The normalized spacial score (nSPS) is 11.8. The third-order valence-electron chi connectivity index (χ3n) is 2.48. The first-order valence-electron chi connectivity index (χ1n) is 5.05. The predicted octanol–water partition coefficient (Wildman–Crippen LogP) is 4.29. The van der Waals surface area contributed by atoms with Crippen molar-refractivity contribution in [3.8, 4) is 6.07 Å². The monoisotopic (exact) mass is 367 g/mol. The van der Waals surface area contributed by atoms with Gasteiger partial charge in [0.1, 0.15) is 5.92 Å². The molecule has 1 heterocycles. The molecule has 5 heteroatoms. The molecular weight excluding hydrogens is 362 g/mol. The minimum Gasteiger partial charge on any atom is -0.457 e. The van der Waals surface area contributed by atoms with Gasteiger partial charge >= 0.3 is 0 Å². The van der Waals surface area contributed by atoms with E-state index in [9.17, 15) is 10.1 Å². The van der Waals surface area contributed by atoms with Crippen molar-refractivity contribution in [1.29, 1.82) is 5.26 Å². The van der Waals surface area contributed by atoms with Crippen LogP contribution >= 0.6 is 31.9 Å². The third-order valence-corrected chi connectivity index (χ3v) is 3.62. The highest BCUT2D eigenvalue weighted by Crippen LogP contribution is 2.26. The van der Waals surface area contributed by atoms with E-state index < -0.39 is 5.92 Å². The van der Waals surface area contributed by atoms with Crippen molar-refractivity contribution >= 4 is 37.6 Å². The van der Waals surface area contributed by atoms with Gasteiger partial charge in [-0.2, -0.15) is 5.26 Å². The summed E-state index contributed by atoms with van der Waals surface area (Å²) in [5.74, 6) is -1.10. The van der Waals surface area contributed by atoms with Gasteiger partial charge in [-0.1, -0.05) is 28.1 Å². The van der Waals surface area contributed by atoms with Gasteiger partial charge in [-0.05, 0) is 39.7 Å². The molecule has 0 aliphatic carbocycles. The molecule has 0 fully saturated rings. The molecule has 1 atom stereocenters. The van der Waals surface area contributed by atoms with Crippen molar-refractivity contribution in [1.82, 2.24) is 0 Å². The van der Waals surface area contributed by atoms with Crippen LogP contribution in [0, 0.1) is 11.3 Å². The Bertz CT molecular complexity index is 611. The van der Waals surface area contributed by atoms with Gasteiger partial charge in [0.05, 0.1) is 17.9 Å². The first-order valence-corrected chi connectivity index (χ1v) is 6.64. The molecule has 90 valence electrons. The Balaban J connectivity index is 2.36. The first-order chi connectivity index (χ1) is 8.63. The van der Waals surface area contributed by atoms with Gasteiger partial charge in [0.15, 0.2) is 10.5 Å². The number of nitrogens with zero attached hydrogens (tertiary/aromatic N) is 1. The molecule has 0 spiro atoms. The quantitative estimate of drug-likeness (QED) is 0.759. The number of ketones is 1. The van der Waals surface area contributed by atoms with Gasteiger partial charge in [-0.15, -0.1) is 0 Å². The average molecular weight is 369 g/mol. The van der Waals surface area contributed by atoms with Crippen molar-refractivity contribution in [2.24, 2.45) is 0 Å². The molecule has 18 heavy (non-hydrogen) atoms. The van der Waals surface area contributed by atoms with E-state index in [0.717, 1.165) is 4.47 Å². The molecule has 0 saturated heterocycles. The second-order valence-electron chi connectivity index (χ2n) is 3.59. The van der Waals surface area contributed by atoms with Gasteiger partial charge < -0.3 is 4.42 Å². The van der Waals surface area contributed by atoms with Crippen LogP contribution in [0.4, 0.5) is 0 Å². The van der Waals surface area contributed by atoms with E-state index in [-0.39, 0.29) is 5.78 Å². The zero-order valence-electron chi connectivity index (χ0n) is 9.06. The summed E-state index contributed by atoms with van der Waals surface area (Å²) in [6, 6.07) is 10.7. The summed E-state index contributed by atoms with van der Waals surface area (Å²) >= 11 is 6.46. The highest BCUT2D eigenvalue weighted by Gasteiger charge is 2.24. The number of nitriles is 1. The van der Waals surface area contributed by atoms with E-state index in [4.69, 9.17) is 4.42 Å². The Morgan fingerprint density at radius 2 is 1.89 bits per heavy atom. The van der Waals surface area contributed by atoms with Crippen molar-refractivity contribution < 1.29 is 9.21 Å². The van der Waals surface area contributed by atoms with E-state index in [0.29, 0.717) is 15.8 Å². The van der Waals surface area contributed by atoms with Crippen LogP contribution in [0.2, 0.25) is 0 Å². The predicted molar refractivity (Wildman–Crippen MR) is 73.2 cm³/mol. The zero-order chi connectivity index (χ0) is 13.1. The molecule has 1 unspecified atom stereocenters. The molecule has 1 aromatic heterocycles. The molecule has 0 saturated carbocycles. The van der Waals surface area contributed by atoms with Crippen LogP contribution in [-0.2, 0) is 0 Å². The van der Waals surface area contributed by atoms with Crippen LogP contribution in [0.5, 0.6) is 0 Å². The van der Waals surface area contributed by atoms with E-state index in [1.54, 1.807) is 30.3 Å². The van der Waals surface area contributed by atoms with Crippen LogP contribution in [-0.4, -0.2) is 5.78 Å². The minimum atomic E-state index is -0.827. The lowest BCUT2D eigenvalue weighted by Gasteiger charge is -2.07. The highest BCUT2D eigenvalue weighted by molar-refractivity contribution is 9.10. The van der Waals surface area contributed by atoms with Crippen molar-refractivity contribution in [2.45, 2.75) is 5.92 Å². The molecule has 2 aromatic rings. The van der Waals surface area contributed by atoms with E-state index in [1.165, 1.54) is 6.26 Å². The van der Waals surface area contributed by atoms with Gasteiger partial charge in [0, 0.05) is 4.47 Å². The van der Waals surface area contributed by atoms with E-state index in [2.05, 4.69) is 31.9 Å². The Labute approximate surface area is 121 Å². The van der Waals surface area contributed by atoms with Gasteiger partial charge in [0.2, 0.25) is 0 Å². The second kappa shape index (κ2) is 5.51. The number of hydrogen-bond acceptors (Lipinski definition) is 3. The van der Waals surface area contributed by atoms with Crippen LogP contribution in [0.1, 0.15) is 21.8 Å². The van der Waals surface area contributed by atoms with E-state index >= 15 is 0 Å². The summed E-state index contributed by atoms with van der Waals surface area (Å²) < 4.78 is 6.27. The standard InChI is InChI=1S/C13H7Br2NO2/c14-9-3-1-8(2-4-9)11(7-16)12(17)10-5-6-18-13(10)15/h1-6,11H. The third kappa shape index (κ3) is 2.55. The summed E-state index contributed by atoms with van der Waals surface area (Å²) in [7, 11) is 0. The Morgan fingerprint density at radius 3 is 2.39 bits per heavy atom.